The third-order valence-electron chi connectivity index (χ3n) is 4.31. The van der Waals surface area contributed by atoms with Crippen LogP contribution in [0.1, 0.15) is 30.5 Å². The highest BCUT2D eigenvalue weighted by molar-refractivity contribution is 7.09. The fourth-order valence-corrected chi connectivity index (χ4v) is 3.49. The van der Waals surface area contributed by atoms with Gasteiger partial charge in [0.2, 0.25) is 5.91 Å². The summed E-state index contributed by atoms with van der Waals surface area (Å²) in [6.45, 7) is 6.51. The van der Waals surface area contributed by atoms with Gasteiger partial charge in [-0.1, -0.05) is 6.92 Å². The summed E-state index contributed by atoms with van der Waals surface area (Å²) in [5, 5.41) is 5.88. The molecule has 0 bridgehead atoms. The number of hydrogen-bond donors (Lipinski definition) is 1. The normalized spacial score (nSPS) is 15.7. The van der Waals surface area contributed by atoms with Crippen LogP contribution in [-0.2, 0) is 11.2 Å². The molecule has 2 heterocycles. The topological polar surface area (TPSA) is 45.2 Å². The van der Waals surface area contributed by atoms with Crippen LogP contribution in [0, 0.1) is 12.8 Å². The van der Waals surface area contributed by atoms with Crippen molar-refractivity contribution in [2.75, 3.05) is 23.3 Å². The van der Waals surface area contributed by atoms with E-state index < -0.39 is 0 Å². The molecular weight excluding hydrogens is 306 g/mol. The van der Waals surface area contributed by atoms with Crippen molar-refractivity contribution >= 4 is 28.6 Å². The standard InChI is InChI=1S/C18H23N3OS/c1-13-7-9-21(10-8-13)17-5-3-15(4-6-17)20-18(22)11-16-12-23-14(2)19-16/h3-6,12-13H,7-11H2,1-2H3,(H,20,22). The van der Waals surface area contributed by atoms with E-state index in [1.54, 1.807) is 11.3 Å². The first kappa shape index (κ1) is 16.0. The minimum absolute atomic E-state index is 0.0187. The Kier molecular flexibility index (Phi) is 4.96. The summed E-state index contributed by atoms with van der Waals surface area (Å²) in [5.74, 6) is 0.814. The number of thiazole rings is 1. The average Bonchev–Trinajstić information content (AvgIpc) is 2.94. The van der Waals surface area contributed by atoms with Crippen molar-refractivity contribution in [2.24, 2.45) is 5.92 Å². The molecule has 1 fully saturated rings. The molecule has 0 atom stereocenters. The van der Waals surface area contributed by atoms with Crippen LogP contribution < -0.4 is 10.2 Å². The lowest BCUT2D eigenvalue weighted by Gasteiger charge is -2.32. The quantitative estimate of drug-likeness (QED) is 0.926. The lowest BCUT2D eigenvalue weighted by molar-refractivity contribution is -0.115. The van der Waals surface area contributed by atoms with E-state index in [1.165, 1.54) is 18.5 Å². The third-order valence-corrected chi connectivity index (χ3v) is 5.13. The summed E-state index contributed by atoms with van der Waals surface area (Å²) in [6, 6.07) is 8.16. The lowest BCUT2D eigenvalue weighted by atomic mass is 9.99. The maximum Gasteiger partial charge on any atom is 0.230 e. The molecule has 122 valence electrons. The van der Waals surface area contributed by atoms with Crippen molar-refractivity contribution in [1.82, 2.24) is 4.98 Å². The molecule has 1 N–H and O–H groups in total. The lowest BCUT2D eigenvalue weighted by Crippen LogP contribution is -2.32. The van der Waals surface area contributed by atoms with Crippen LogP contribution in [0.2, 0.25) is 0 Å². The van der Waals surface area contributed by atoms with Gasteiger partial charge in [0.15, 0.2) is 0 Å². The SMILES string of the molecule is Cc1nc(CC(=O)Nc2ccc(N3CCC(C)CC3)cc2)cs1. The minimum atomic E-state index is -0.0187. The smallest absolute Gasteiger partial charge is 0.230 e. The number of nitrogens with one attached hydrogen (secondary N) is 1. The first-order valence-electron chi connectivity index (χ1n) is 8.16. The van der Waals surface area contributed by atoms with E-state index in [0.29, 0.717) is 6.42 Å². The number of hydrogen-bond acceptors (Lipinski definition) is 4. The Morgan fingerprint density at radius 1 is 1.30 bits per heavy atom. The zero-order chi connectivity index (χ0) is 16.2. The molecule has 23 heavy (non-hydrogen) atoms. The predicted molar refractivity (Wildman–Crippen MR) is 96.2 cm³/mol. The van der Waals surface area contributed by atoms with Gasteiger partial charge in [-0.2, -0.15) is 0 Å². The zero-order valence-corrected chi connectivity index (χ0v) is 14.5. The number of amides is 1. The molecule has 1 aromatic heterocycles. The number of carbonyl (C=O) groups is 1. The first-order chi connectivity index (χ1) is 11.1. The Balaban J connectivity index is 1.55. The Hall–Kier alpha value is -1.88. The molecule has 0 unspecified atom stereocenters. The van der Waals surface area contributed by atoms with Crippen LogP contribution >= 0.6 is 11.3 Å². The molecule has 5 heteroatoms. The second kappa shape index (κ2) is 7.13. The van der Waals surface area contributed by atoms with Crippen LogP contribution in [0.5, 0.6) is 0 Å². The summed E-state index contributed by atoms with van der Waals surface area (Å²) < 4.78 is 0. The molecule has 1 aliphatic heterocycles. The number of benzene rings is 1. The van der Waals surface area contributed by atoms with Gasteiger partial charge in [-0.3, -0.25) is 4.79 Å². The van der Waals surface area contributed by atoms with E-state index in [4.69, 9.17) is 0 Å². The highest BCUT2D eigenvalue weighted by Gasteiger charge is 2.16. The van der Waals surface area contributed by atoms with E-state index in [-0.39, 0.29) is 5.91 Å². The molecule has 0 spiro atoms. The Morgan fingerprint density at radius 3 is 2.61 bits per heavy atom. The van der Waals surface area contributed by atoms with E-state index in [2.05, 4.69) is 34.3 Å². The number of carbonyl (C=O) groups excluding carboxylic acids is 1. The van der Waals surface area contributed by atoms with E-state index in [0.717, 1.165) is 35.4 Å². The number of rotatable bonds is 4. The molecule has 0 radical (unpaired) electrons. The molecule has 1 saturated heterocycles. The second-order valence-corrected chi connectivity index (χ2v) is 7.36. The van der Waals surface area contributed by atoms with Gasteiger partial charge in [-0.05, 0) is 49.9 Å². The Labute approximate surface area is 141 Å². The Morgan fingerprint density at radius 2 is 2.00 bits per heavy atom. The van der Waals surface area contributed by atoms with E-state index in [9.17, 15) is 4.79 Å². The summed E-state index contributed by atoms with van der Waals surface area (Å²) >= 11 is 1.57. The van der Waals surface area contributed by atoms with Crippen LogP contribution in [0.3, 0.4) is 0 Å². The first-order valence-corrected chi connectivity index (χ1v) is 9.04. The monoisotopic (exact) mass is 329 g/mol. The number of aryl methyl sites for hydroxylation is 1. The van der Waals surface area contributed by atoms with Crippen molar-refractivity contribution in [1.29, 1.82) is 0 Å². The zero-order valence-electron chi connectivity index (χ0n) is 13.7. The summed E-state index contributed by atoms with van der Waals surface area (Å²) in [5.41, 5.74) is 2.92. The maximum atomic E-state index is 12.1. The van der Waals surface area contributed by atoms with Crippen molar-refractivity contribution in [3.63, 3.8) is 0 Å². The molecule has 0 saturated carbocycles. The molecule has 1 aliphatic rings. The number of aromatic nitrogens is 1. The predicted octanol–water partition coefficient (Wildman–Crippen LogP) is 3.87. The van der Waals surface area contributed by atoms with Crippen LogP contribution in [0.4, 0.5) is 11.4 Å². The highest BCUT2D eigenvalue weighted by Crippen LogP contribution is 2.24. The van der Waals surface area contributed by atoms with Crippen molar-refractivity contribution in [2.45, 2.75) is 33.1 Å². The molecule has 1 amide bonds. The van der Waals surface area contributed by atoms with Gasteiger partial charge in [0.1, 0.15) is 0 Å². The molecule has 3 rings (SSSR count). The number of piperidine rings is 1. The van der Waals surface area contributed by atoms with Gasteiger partial charge >= 0.3 is 0 Å². The third kappa shape index (κ3) is 4.32. The number of nitrogens with zero attached hydrogens (tertiary/aromatic N) is 2. The van der Waals surface area contributed by atoms with Gasteiger partial charge in [-0.15, -0.1) is 11.3 Å². The molecular formula is C18H23N3OS. The maximum absolute atomic E-state index is 12.1. The fraction of sp³-hybridized carbons (Fsp3) is 0.444. The van der Waals surface area contributed by atoms with Gasteiger partial charge in [0, 0.05) is 29.8 Å². The number of anilines is 2. The highest BCUT2D eigenvalue weighted by atomic mass is 32.1. The fourth-order valence-electron chi connectivity index (χ4n) is 2.88. The van der Waals surface area contributed by atoms with Gasteiger partial charge in [0.25, 0.3) is 0 Å². The van der Waals surface area contributed by atoms with Crippen molar-refractivity contribution < 1.29 is 4.79 Å². The van der Waals surface area contributed by atoms with Gasteiger partial charge in [-0.25, -0.2) is 4.98 Å². The summed E-state index contributed by atoms with van der Waals surface area (Å²) in [4.78, 5) is 18.8. The minimum Gasteiger partial charge on any atom is -0.372 e. The van der Waals surface area contributed by atoms with Crippen LogP contribution in [-0.4, -0.2) is 24.0 Å². The van der Waals surface area contributed by atoms with E-state index in [1.807, 2.05) is 24.4 Å². The van der Waals surface area contributed by atoms with Gasteiger partial charge < -0.3 is 10.2 Å². The van der Waals surface area contributed by atoms with E-state index >= 15 is 0 Å². The van der Waals surface area contributed by atoms with Crippen molar-refractivity contribution in [3.05, 3.63) is 40.3 Å². The Bertz CT molecular complexity index is 657. The van der Waals surface area contributed by atoms with Gasteiger partial charge in [0.05, 0.1) is 17.1 Å². The average molecular weight is 329 g/mol. The van der Waals surface area contributed by atoms with Crippen LogP contribution in [0.25, 0.3) is 0 Å². The summed E-state index contributed by atoms with van der Waals surface area (Å²) in [6.07, 6.45) is 2.84. The molecule has 1 aromatic carbocycles. The summed E-state index contributed by atoms with van der Waals surface area (Å²) in [7, 11) is 0. The second-order valence-electron chi connectivity index (χ2n) is 6.30. The largest absolute Gasteiger partial charge is 0.372 e. The molecule has 2 aromatic rings. The molecule has 4 nitrogen and oxygen atoms in total. The van der Waals surface area contributed by atoms with Crippen molar-refractivity contribution in [3.8, 4) is 0 Å². The molecule has 0 aliphatic carbocycles. The van der Waals surface area contributed by atoms with Crippen LogP contribution in [0.15, 0.2) is 29.6 Å².